The van der Waals surface area contributed by atoms with Crippen LogP contribution in [0.4, 0.5) is 15.3 Å². The van der Waals surface area contributed by atoms with Crippen molar-refractivity contribution < 1.29 is 29.0 Å². The SMILES string of the molecule is CCOC(=O)Oc1ccc(NC(=O)NCCCC(=O)O)cc1. The molecular formula is C14H18N2O6. The summed E-state index contributed by atoms with van der Waals surface area (Å²) in [5, 5.41) is 13.6. The molecule has 0 fully saturated rings. The van der Waals surface area contributed by atoms with Gasteiger partial charge in [0.1, 0.15) is 5.75 Å². The average molecular weight is 310 g/mol. The number of ether oxygens (including phenoxy) is 2. The quantitative estimate of drug-likeness (QED) is 0.404. The van der Waals surface area contributed by atoms with Crippen LogP contribution in [0.25, 0.3) is 0 Å². The van der Waals surface area contributed by atoms with Crippen molar-refractivity contribution in [3.63, 3.8) is 0 Å². The summed E-state index contributed by atoms with van der Waals surface area (Å²) >= 11 is 0. The molecule has 8 nitrogen and oxygen atoms in total. The van der Waals surface area contributed by atoms with E-state index in [1.165, 1.54) is 12.1 Å². The fourth-order valence-corrected chi connectivity index (χ4v) is 1.47. The molecule has 0 saturated heterocycles. The first-order chi connectivity index (χ1) is 10.5. The molecule has 0 saturated carbocycles. The van der Waals surface area contributed by atoms with E-state index in [4.69, 9.17) is 9.84 Å². The van der Waals surface area contributed by atoms with Crippen LogP contribution in [0.15, 0.2) is 24.3 Å². The molecule has 0 spiro atoms. The highest BCUT2D eigenvalue weighted by molar-refractivity contribution is 5.89. The summed E-state index contributed by atoms with van der Waals surface area (Å²) in [6, 6.07) is 5.70. The van der Waals surface area contributed by atoms with Gasteiger partial charge in [-0.25, -0.2) is 9.59 Å². The van der Waals surface area contributed by atoms with E-state index in [-0.39, 0.29) is 19.6 Å². The predicted molar refractivity (Wildman–Crippen MR) is 78.0 cm³/mol. The number of aliphatic carboxylic acids is 1. The summed E-state index contributed by atoms with van der Waals surface area (Å²) < 4.78 is 9.50. The number of amides is 2. The van der Waals surface area contributed by atoms with Crippen molar-refractivity contribution in [3.05, 3.63) is 24.3 Å². The Morgan fingerprint density at radius 2 is 1.86 bits per heavy atom. The van der Waals surface area contributed by atoms with Crippen LogP contribution in [0.2, 0.25) is 0 Å². The molecule has 0 aliphatic rings. The Kier molecular flexibility index (Phi) is 7.24. The molecule has 120 valence electrons. The lowest BCUT2D eigenvalue weighted by molar-refractivity contribution is -0.137. The van der Waals surface area contributed by atoms with Crippen molar-refractivity contribution in [2.24, 2.45) is 0 Å². The predicted octanol–water partition coefficient (Wildman–Crippen LogP) is 2.21. The minimum Gasteiger partial charge on any atom is -0.481 e. The highest BCUT2D eigenvalue weighted by Crippen LogP contribution is 2.16. The van der Waals surface area contributed by atoms with Gasteiger partial charge in [0.25, 0.3) is 0 Å². The summed E-state index contributed by atoms with van der Waals surface area (Å²) in [6.45, 7) is 2.16. The largest absolute Gasteiger partial charge is 0.513 e. The molecule has 0 radical (unpaired) electrons. The second-order valence-corrected chi connectivity index (χ2v) is 4.19. The summed E-state index contributed by atoms with van der Waals surface area (Å²) in [6.07, 6.45) is -0.436. The van der Waals surface area contributed by atoms with E-state index in [9.17, 15) is 14.4 Å². The molecule has 0 aliphatic heterocycles. The second-order valence-electron chi connectivity index (χ2n) is 4.19. The molecule has 2 amide bonds. The fraction of sp³-hybridized carbons (Fsp3) is 0.357. The first-order valence-corrected chi connectivity index (χ1v) is 6.72. The van der Waals surface area contributed by atoms with E-state index >= 15 is 0 Å². The highest BCUT2D eigenvalue weighted by Gasteiger charge is 2.06. The van der Waals surface area contributed by atoms with Gasteiger partial charge >= 0.3 is 18.2 Å². The molecule has 0 unspecified atom stereocenters. The minimum atomic E-state index is -0.903. The maximum atomic E-state index is 11.5. The lowest BCUT2D eigenvalue weighted by atomic mass is 10.3. The van der Waals surface area contributed by atoms with Crippen LogP contribution in [-0.4, -0.2) is 36.4 Å². The van der Waals surface area contributed by atoms with E-state index in [1.807, 2.05) is 0 Å². The van der Waals surface area contributed by atoms with Gasteiger partial charge in [-0.2, -0.15) is 0 Å². The number of urea groups is 1. The van der Waals surface area contributed by atoms with Crippen molar-refractivity contribution in [2.75, 3.05) is 18.5 Å². The number of hydrogen-bond acceptors (Lipinski definition) is 5. The van der Waals surface area contributed by atoms with E-state index in [1.54, 1.807) is 19.1 Å². The van der Waals surface area contributed by atoms with Gasteiger partial charge in [-0.3, -0.25) is 4.79 Å². The number of carboxylic acids is 1. The van der Waals surface area contributed by atoms with E-state index < -0.39 is 18.2 Å². The molecule has 0 aliphatic carbocycles. The van der Waals surface area contributed by atoms with Crippen molar-refractivity contribution in [1.82, 2.24) is 5.32 Å². The van der Waals surface area contributed by atoms with Crippen molar-refractivity contribution in [1.29, 1.82) is 0 Å². The molecule has 1 aromatic carbocycles. The van der Waals surface area contributed by atoms with Crippen molar-refractivity contribution in [2.45, 2.75) is 19.8 Å². The standard InChI is InChI=1S/C14H18N2O6/c1-2-21-14(20)22-11-7-5-10(6-8-11)16-13(19)15-9-3-4-12(17)18/h5-8H,2-4,9H2,1H3,(H,17,18)(H2,15,16,19). The highest BCUT2D eigenvalue weighted by atomic mass is 16.7. The molecule has 0 atom stereocenters. The van der Waals surface area contributed by atoms with Crippen LogP contribution >= 0.6 is 0 Å². The maximum absolute atomic E-state index is 11.5. The molecule has 8 heteroatoms. The Labute approximate surface area is 127 Å². The molecule has 1 aromatic rings. The first kappa shape index (κ1) is 17.3. The van der Waals surface area contributed by atoms with Gasteiger partial charge in [-0.15, -0.1) is 0 Å². The van der Waals surface area contributed by atoms with Gasteiger partial charge in [-0.1, -0.05) is 0 Å². The Balaban J connectivity index is 2.35. The lowest BCUT2D eigenvalue weighted by Gasteiger charge is -2.08. The number of carbonyl (C=O) groups excluding carboxylic acids is 2. The molecule has 22 heavy (non-hydrogen) atoms. The van der Waals surface area contributed by atoms with Gasteiger partial charge in [0.2, 0.25) is 0 Å². The van der Waals surface area contributed by atoms with Crippen molar-refractivity contribution in [3.8, 4) is 5.75 Å². The molecule has 0 aromatic heterocycles. The number of nitrogens with one attached hydrogen (secondary N) is 2. The molecule has 0 bridgehead atoms. The molecule has 0 heterocycles. The summed E-state index contributed by atoms with van der Waals surface area (Å²) in [4.78, 5) is 32.9. The fourth-order valence-electron chi connectivity index (χ4n) is 1.47. The van der Waals surface area contributed by atoms with Gasteiger partial charge in [0.05, 0.1) is 6.61 Å². The number of hydrogen-bond donors (Lipinski definition) is 3. The maximum Gasteiger partial charge on any atom is 0.513 e. The third kappa shape index (κ3) is 7.13. The third-order valence-corrected chi connectivity index (χ3v) is 2.43. The second kappa shape index (κ2) is 9.22. The number of carbonyl (C=O) groups is 3. The first-order valence-electron chi connectivity index (χ1n) is 6.72. The Morgan fingerprint density at radius 3 is 2.45 bits per heavy atom. The molecule has 3 N–H and O–H groups in total. The average Bonchev–Trinajstić information content (AvgIpc) is 2.46. The number of benzene rings is 1. The normalized spacial score (nSPS) is 9.68. The zero-order chi connectivity index (χ0) is 16.4. The lowest BCUT2D eigenvalue weighted by Crippen LogP contribution is -2.29. The van der Waals surface area contributed by atoms with Gasteiger partial charge in [0.15, 0.2) is 0 Å². The number of rotatable bonds is 7. The topological polar surface area (TPSA) is 114 Å². The van der Waals surface area contributed by atoms with Crippen LogP contribution in [0, 0.1) is 0 Å². The van der Waals surface area contributed by atoms with Crippen molar-refractivity contribution >= 4 is 23.8 Å². The Morgan fingerprint density at radius 1 is 1.18 bits per heavy atom. The third-order valence-electron chi connectivity index (χ3n) is 2.43. The monoisotopic (exact) mass is 310 g/mol. The van der Waals surface area contributed by atoms with Crippen LogP contribution in [0.1, 0.15) is 19.8 Å². The van der Waals surface area contributed by atoms with Crippen LogP contribution in [0.5, 0.6) is 5.75 Å². The van der Waals surface area contributed by atoms with Crippen LogP contribution in [-0.2, 0) is 9.53 Å². The Bertz CT molecular complexity index is 515. The van der Waals surface area contributed by atoms with Crippen LogP contribution in [0.3, 0.4) is 0 Å². The van der Waals surface area contributed by atoms with E-state index in [0.29, 0.717) is 17.9 Å². The van der Waals surface area contributed by atoms with Gasteiger partial charge in [0, 0.05) is 18.7 Å². The zero-order valence-electron chi connectivity index (χ0n) is 12.1. The smallest absolute Gasteiger partial charge is 0.481 e. The summed E-state index contributed by atoms with van der Waals surface area (Å²) in [5.41, 5.74) is 0.506. The number of carboxylic acid groups (broad SMARTS) is 1. The summed E-state index contributed by atoms with van der Waals surface area (Å²) in [5.74, 6) is -0.606. The van der Waals surface area contributed by atoms with Gasteiger partial charge in [-0.05, 0) is 37.6 Å². The Hall–Kier alpha value is -2.77. The van der Waals surface area contributed by atoms with E-state index in [0.717, 1.165) is 0 Å². The molecular weight excluding hydrogens is 292 g/mol. The minimum absolute atomic E-state index is 0.000174. The van der Waals surface area contributed by atoms with Crippen LogP contribution < -0.4 is 15.4 Å². The zero-order valence-corrected chi connectivity index (χ0v) is 12.1. The number of anilines is 1. The van der Waals surface area contributed by atoms with Gasteiger partial charge < -0.3 is 25.2 Å². The summed E-state index contributed by atoms with van der Waals surface area (Å²) in [7, 11) is 0. The van der Waals surface area contributed by atoms with E-state index in [2.05, 4.69) is 15.4 Å². The molecule has 1 rings (SSSR count).